The second kappa shape index (κ2) is 5.76. The highest BCUT2D eigenvalue weighted by Crippen LogP contribution is 2.30. The van der Waals surface area contributed by atoms with Crippen molar-refractivity contribution in [3.63, 3.8) is 0 Å². The highest BCUT2D eigenvalue weighted by molar-refractivity contribution is 7.89. The van der Waals surface area contributed by atoms with E-state index in [4.69, 9.17) is 5.73 Å². The van der Waals surface area contributed by atoms with Crippen LogP contribution in [0.25, 0.3) is 0 Å². The molecule has 0 saturated carbocycles. The molecule has 0 aliphatic heterocycles. The van der Waals surface area contributed by atoms with Gasteiger partial charge in [0.1, 0.15) is 5.69 Å². The van der Waals surface area contributed by atoms with Crippen LogP contribution in [0.1, 0.15) is 26.3 Å². The molecule has 1 aromatic rings. The Kier molecular flexibility index (Phi) is 4.72. The summed E-state index contributed by atoms with van der Waals surface area (Å²) in [6.45, 7) is 7.08. The first-order chi connectivity index (χ1) is 9.12. The predicted octanol–water partition coefficient (Wildman–Crippen LogP) is 1.90. The van der Waals surface area contributed by atoms with Crippen molar-refractivity contribution in [2.24, 2.45) is 0 Å². The normalized spacial score (nSPS) is 12.1. The van der Waals surface area contributed by atoms with E-state index in [1.165, 1.54) is 10.4 Å². The van der Waals surface area contributed by atoms with E-state index in [0.29, 0.717) is 5.56 Å². The molecule has 0 radical (unpaired) electrons. The van der Waals surface area contributed by atoms with Crippen LogP contribution < -0.4 is 5.73 Å². The molecule has 0 spiro atoms. The lowest BCUT2D eigenvalue weighted by Crippen LogP contribution is -2.37. The van der Waals surface area contributed by atoms with Gasteiger partial charge < -0.3 is 5.73 Å². The highest BCUT2D eigenvalue weighted by atomic mass is 32.2. The van der Waals surface area contributed by atoms with Gasteiger partial charge in [-0.25, -0.2) is 8.42 Å². The Morgan fingerprint density at radius 1 is 1.40 bits per heavy atom. The summed E-state index contributed by atoms with van der Waals surface area (Å²) in [6.07, 6.45) is 0. The molecule has 1 aromatic carbocycles. The Hall–Kier alpha value is -1.67. The molecule has 2 N–H and O–H groups in total. The maximum Gasteiger partial charge on any atom is 0.293 e. The second-order valence-corrected chi connectivity index (χ2v) is 6.59. The lowest BCUT2D eigenvalue weighted by atomic mass is 10.2. The average Bonchev–Trinajstić information content (AvgIpc) is 2.27. The van der Waals surface area contributed by atoms with E-state index in [9.17, 15) is 18.5 Å². The Bertz CT molecular complexity index is 626. The number of benzene rings is 1. The van der Waals surface area contributed by atoms with Crippen LogP contribution in [-0.2, 0) is 10.0 Å². The maximum absolute atomic E-state index is 12.6. The number of nitro groups is 1. The number of hydrogen-bond acceptors (Lipinski definition) is 5. The topological polar surface area (TPSA) is 107 Å². The standard InChI is InChI=1S/C12H19N3O4S/c1-5-14(8(2)3)20(18,19)12-7-11(15(16)17)10(13)6-9(12)4/h6-8H,5,13H2,1-4H3. The largest absolute Gasteiger partial charge is 0.393 e. The molecule has 0 unspecified atom stereocenters. The van der Waals surface area contributed by atoms with Crippen molar-refractivity contribution in [2.75, 3.05) is 12.3 Å². The van der Waals surface area contributed by atoms with Crippen molar-refractivity contribution in [1.82, 2.24) is 4.31 Å². The van der Waals surface area contributed by atoms with Crippen LogP contribution in [0.2, 0.25) is 0 Å². The first-order valence-corrected chi connectivity index (χ1v) is 7.63. The summed E-state index contributed by atoms with van der Waals surface area (Å²) in [6, 6.07) is 2.12. The number of rotatable bonds is 5. The zero-order chi connectivity index (χ0) is 15.7. The summed E-state index contributed by atoms with van der Waals surface area (Å²) in [7, 11) is -3.78. The number of nitro benzene ring substituents is 1. The van der Waals surface area contributed by atoms with Crippen LogP contribution in [0.5, 0.6) is 0 Å². The van der Waals surface area contributed by atoms with E-state index >= 15 is 0 Å². The average molecular weight is 301 g/mol. The summed E-state index contributed by atoms with van der Waals surface area (Å²) in [5.41, 5.74) is 5.51. The van der Waals surface area contributed by atoms with Crippen LogP contribution in [0, 0.1) is 17.0 Å². The Morgan fingerprint density at radius 3 is 2.35 bits per heavy atom. The summed E-state index contributed by atoms with van der Waals surface area (Å²) in [5.74, 6) is 0. The van der Waals surface area contributed by atoms with Gasteiger partial charge in [0.05, 0.1) is 9.82 Å². The highest BCUT2D eigenvalue weighted by Gasteiger charge is 2.29. The monoisotopic (exact) mass is 301 g/mol. The second-order valence-electron chi connectivity index (χ2n) is 4.74. The molecule has 1 rings (SSSR count). The molecule has 0 amide bonds. The van der Waals surface area contributed by atoms with Gasteiger partial charge in [-0.1, -0.05) is 6.92 Å². The fourth-order valence-electron chi connectivity index (χ4n) is 2.07. The Labute approximate surface area is 118 Å². The number of nitrogens with two attached hydrogens (primary N) is 1. The molecule has 8 heteroatoms. The summed E-state index contributed by atoms with van der Waals surface area (Å²) < 4.78 is 26.4. The van der Waals surface area contributed by atoms with E-state index in [0.717, 1.165) is 6.07 Å². The lowest BCUT2D eigenvalue weighted by Gasteiger charge is -2.25. The smallest absolute Gasteiger partial charge is 0.293 e. The third-order valence-corrected chi connectivity index (χ3v) is 5.29. The van der Waals surface area contributed by atoms with E-state index in [-0.39, 0.29) is 23.2 Å². The number of nitrogens with zero attached hydrogens (tertiary/aromatic N) is 2. The maximum atomic E-state index is 12.6. The number of hydrogen-bond donors (Lipinski definition) is 1. The van der Waals surface area contributed by atoms with Gasteiger partial charge in [0.15, 0.2) is 0 Å². The summed E-state index contributed by atoms with van der Waals surface area (Å²) in [4.78, 5) is 10.1. The van der Waals surface area contributed by atoms with Crippen LogP contribution in [0.3, 0.4) is 0 Å². The molecule has 0 fully saturated rings. The minimum atomic E-state index is -3.78. The Balaban J connectivity index is 3.53. The zero-order valence-corrected chi connectivity index (χ0v) is 12.8. The molecule has 0 aromatic heterocycles. The number of aryl methyl sites for hydroxylation is 1. The van der Waals surface area contributed by atoms with Gasteiger partial charge in [0, 0.05) is 18.7 Å². The molecule has 0 heterocycles. The molecule has 0 bridgehead atoms. The van der Waals surface area contributed by atoms with Crippen molar-refractivity contribution >= 4 is 21.4 Å². The fraction of sp³-hybridized carbons (Fsp3) is 0.500. The van der Waals surface area contributed by atoms with Crippen molar-refractivity contribution in [3.8, 4) is 0 Å². The number of sulfonamides is 1. The molecular formula is C12H19N3O4S. The SMILES string of the molecule is CCN(C(C)C)S(=O)(=O)c1cc([N+](=O)[O-])c(N)cc1C. The van der Waals surface area contributed by atoms with Crippen LogP contribution >= 0.6 is 0 Å². The summed E-state index contributed by atoms with van der Waals surface area (Å²) in [5, 5.41) is 10.9. The molecular weight excluding hydrogens is 282 g/mol. The predicted molar refractivity (Wildman–Crippen MR) is 76.9 cm³/mol. The van der Waals surface area contributed by atoms with Crippen LogP contribution in [0.4, 0.5) is 11.4 Å². The third-order valence-electron chi connectivity index (χ3n) is 3.00. The van der Waals surface area contributed by atoms with Gasteiger partial charge in [0.25, 0.3) is 5.69 Å². The first kappa shape index (κ1) is 16.4. The zero-order valence-electron chi connectivity index (χ0n) is 12.0. The van der Waals surface area contributed by atoms with Gasteiger partial charge in [0.2, 0.25) is 10.0 Å². The fourth-order valence-corrected chi connectivity index (χ4v) is 3.95. The van der Waals surface area contributed by atoms with Gasteiger partial charge >= 0.3 is 0 Å². The van der Waals surface area contributed by atoms with E-state index in [2.05, 4.69) is 0 Å². The minimum Gasteiger partial charge on any atom is -0.393 e. The van der Waals surface area contributed by atoms with Gasteiger partial charge in [-0.15, -0.1) is 0 Å². The minimum absolute atomic E-state index is 0.0426. The van der Waals surface area contributed by atoms with Gasteiger partial charge in [-0.3, -0.25) is 10.1 Å². The van der Waals surface area contributed by atoms with E-state index in [1.54, 1.807) is 27.7 Å². The molecule has 112 valence electrons. The van der Waals surface area contributed by atoms with Gasteiger partial charge in [-0.2, -0.15) is 4.31 Å². The van der Waals surface area contributed by atoms with Crippen LogP contribution in [-0.4, -0.2) is 30.2 Å². The van der Waals surface area contributed by atoms with Gasteiger partial charge in [-0.05, 0) is 32.4 Å². The quantitative estimate of drug-likeness (QED) is 0.508. The van der Waals surface area contributed by atoms with Crippen molar-refractivity contribution in [1.29, 1.82) is 0 Å². The first-order valence-electron chi connectivity index (χ1n) is 6.19. The molecule has 7 nitrogen and oxygen atoms in total. The van der Waals surface area contributed by atoms with Crippen LogP contribution in [0.15, 0.2) is 17.0 Å². The third kappa shape index (κ3) is 2.91. The van der Waals surface area contributed by atoms with E-state index < -0.39 is 20.6 Å². The molecule has 0 atom stereocenters. The molecule has 20 heavy (non-hydrogen) atoms. The molecule has 0 aliphatic rings. The van der Waals surface area contributed by atoms with Crippen molar-refractivity contribution in [2.45, 2.75) is 38.6 Å². The Morgan fingerprint density at radius 2 is 1.95 bits per heavy atom. The van der Waals surface area contributed by atoms with E-state index in [1.807, 2.05) is 0 Å². The van der Waals surface area contributed by atoms with Crippen molar-refractivity contribution < 1.29 is 13.3 Å². The molecule has 0 saturated heterocycles. The molecule has 0 aliphatic carbocycles. The number of nitrogen functional groups attached to an aromatic ring is 1. The lowest BCUT2D eigenvalue weighted by molar-refractivity contribution is -0.384. The number of anilines is 1. The van der Waals surface area contributed by atoms with Crippen molar-refractivity contribution in [3.05, 3.63) is 27.8 Å². The summed E-state index contributed by atoms with van der Waals surface area (Å²) >= 11 is 0.